The fourth-order valence-corrected chi connectivity index (χ4v) is 3.25. The molecular formula is C16H25NO. The van der Waals surface area contributed by atoms with E-state index in [0.29, 0.717) is 6.04 Å². The van der Waals surface area contributed by atoms with Crippen molar-refractivity contribution in [2.24, 2.45) is 0 Å². The number of hydrogen-bond donors (Lipinski definition) is 1. The van der Waals surface area contributed by atoms with Crippen LogP contribution in [0.1, 0.15) is 49.3 Å². The van der Waals surface area contributed by atoms with Gasteiger partial charge in [-0.2, -0.15) is 0 Å². The van der Waals surface area contributed by atoms with Crippen LogP contribution >= 0.6 is 0 Å². The van der Waals surface area contributed by atoms with Crippen molar-refractivity contribution in [3.05, 3.63) is 35.4 Å². The molecule has 1 N–H and O–H groups in total. The average Bonchev–Trinajstić information content (AvgIpc) is 2.43. The van der Waals surface area contributed by atoms with Crippen LogP contribution in [0.25, 0.3) is 0 Å². The van der Waals surface area contributed by atoms with Crippen LogP contribution in [0.2, 0.25) is 0 Å². The van der Waals surface area contributed by atoms with Crippen molar-refractivity contribution in [2.75, 3.05) is 14.2 Å². The summed E-state index contributed by atoms with van der Waals surface area (Å²) in [7, 11) is 3.91. The van der Waals surface area contributed by atoms with Gasteiger partial charge in [-0.05, 0) is 32.4 Å². The van der Waals surface area contributed by atoms with Crippen molar-refractivity contribution >= 4 is 0 Å². The van der Waals surface area contributed by atoms with Crippen molar-refractivity contribution in [3.8, 4) is 0 Å². The van der Waals surface area contributed by atoms with Gasteiger partial charge in [0.05, 0.1) is 11.6 Å². The predicted molar refractivity (Wildman–Crippen MR) is 75.8 cm³/mol. The first-order valence-corrected chi connectivity index (χ1v) is 7.01. The molecule has 1 unspecified atom stereocenters. The van der Waals surface area contributed by atoms with E-state index >= 15 is 0 Å². The molecular weight excluding hydrogens is 222 g/mol. The molecule has 2 heteroatoms. The summed E-state index contributed by atoms with van der Waals surface area (Å²) in [5.74, 6) is 0. The maximum Gasteiger partial charge on any atom is 0.0872 e. The number of benzene rings is 1. The van der Waals surface area contributed by atoms with Crippen LogP contribution in [0.5, 0.6) is 0 Å². The molecule has 100 valence electrons. The van der Waals surface area contributed by atoms with Gasteiger partial charge in [-0.25, -0.2) is 0 Å². The van der Waals surface area contributed by atoms with Gasteiger partial charge in [0.2, 0.25) is 0 Å². The maximum absolute atomic E-state index is 5.95. The third-order valence-corrected chi connectivity index (χ3v) is 4.33. The number of ether oxygens (including phenoxy) is 1. The number of nitrogens with one attached hydrogen (secondary N) is 1. The summed E-state index contributed by atoms with van der Waals surface area (Å²) in [6.07, 6.45) is 6.21. The van der Waals surface area contributed by atoms with E-state index in [9.17, 15) is 0 Å². The minimum Gasteiger partial charge on any atom is -0.376 e. The number of aryl methyl sites for hydroxylation is 1. The molecule has 1 aliphatic carbocycles. The van der Waals surface area contributed by atoms with E-state index in [-0.39, 0.29) is 5.60 Å². The zero-order valence-corrected chi connectivity index (χ0v) is 11.8. The molecule has 1 aromatic carbocycles. The van der Waals surface area contributed by atoms with Crippen LogP contribution in [0.3, 0.4) is 0 Å². The van der Waals surface area contributed by atoms with E-state index in [1.54, 1.807) is 0 Å². The second-order valence-electron chi connectivity index (χ2n) is 5.46. The van der Waals surface area contributed by atoms with Crippen LogP contribution in [-0.4, -0.2) is 19.8 Å². The molecule has 0 heterocycles. The predicted octanol–water partition coefficient (Wildman–Crippen LogP) is 3.60. The third kappa shape index (κ3) is 2.60. The maximum atomic E-state index is 5.95. The fourth-order valence-electron chi connectivity index (χ4n) is 3.25. The Kier molecular flexibility index (Phi) is 4.41. The average molecular weight is 247 g/mol. The first-order chi connectivity index (χ1) is 8.72. The van der Waals surface area contributed by atoms with Gasteiger partial charge in [0, 0.05) is 7.11 Å². The summed E-state index contributed by atoms with van der Waals surface area (Å²) < 4.78 is 5.95. The van der Waals surface area contributed by atoms with Gasteiger partial charge in [0.25, 0.3) is 0 Å². The van der Waals surface area contributed by atoms with Gasteiger partial charge in [0.15, 0.2) is 0 Å². The summed E-state index contributed by atoms with van der Waals surface area (Å²) in [4.78, 5) is 0. The molecule has 0 amide bonds. The molecule has 0 aromatic heterocycles. The quantitative estimate of drug-likeness (QED) is 0.877. The Bertz CT molecular complexity index is 365. The Hall–Kier alpha value is -0.860. The van der Waals surface area contributed by atoms with Crippen molar-refractivity contribution in [3.63, 3.8) is 0 Å². The largest absolute Gasteiger partial charge is 0.376 e. The van der Waals surface area contributed by atoms with E-state index in [4.69, 9.17) is 4.74 Å². The number of methoxy groups -OCH3 is 1. The monoisotopic (exact) mass is 247 g/mol. The summed E-state index contributed by atoms with van der Waals surface area (Å²) >= 11 is 0. The van der Waals surface area contributed by atoms with Gasteiger partial charge in [0.1, 0.15) is 0 Å². The Morgan fingerprint density at radius 2 is 1.72 bits per heavy atom. The normalized spacial score (nSPS) is 20.6. The van der Waals surface area contributed by atoms with Gasteiger partial charge in [-0.15, -0.1) is 0 Å². The van der Waals surface area contributed by atoms with Crippen molar-refractivity contribution < 1.29 is 4.74 Å². The second kappa shape index (κ2) is 5.85. The molecule has 2 rings (SSSR count). The Labute approximate surface area is 111 Å². The molecule has 0 radical (unpaired) electrons. The smallest absolute Gasteiger partial charge is 0.0872 e. The topological polar surface area (TPSA) is 21.3 Å². The van der Waals surface area contributed by atoms with Crippen molar-refractivity contribution in [2.45, 2.75) is 50.7 Å². The lowest BCUT2D eigenvalue weighted by Gasteiger charge is -2.42. The van der Waals surface area contributed by atoms with E-state index in [1.165, 1.54) is 30.4 Å². The Morgan fingerprint density at radius 1 is 1.11 bits per heavy atom. The molecule has 0 saturated heterocycles. The molecule has 0 aliphatic heterocycles. The van der Waals surface area contributed by atoms with Crippen molar-refractivity contribution in [1.29, 1.82) is 0 Å². The van der Waals surface area contributed by atoms with Gasteiger partial charge in [-0.3, -0.25) is 0 Å². The highest BCUT2D eigenvalue weighted by molar-refractivity contribution is 5.26. The highest BCUT2D eigenvalue weighted by Crippen LogP contribution is 2.40. The highest BCUT2D eigenvalue weighted by atomic mass is 16.5. The first-order valence-electron chi connectivity index (χ1n) is 7.01. The van der Waals surface area contributed by atoms with Crippen LogP contribution < -0.4 is 5.32 Å². The SMILES string of the molecule is CNC(c1ccc(C)cc1)C1(OC)CCCCC1. The van der Waals surface area contributed by atoms with E-state index in [2.05, 4.69) is 36.5 Å². The summed E-state index contributed by atoms with van der Waals surface area (Å²) in [6.45, 7) is 2.13. The van der Waals surface area contributed by atoms with Gasteiger partial charge >= 0.3 is 0 Å². The van der Waals surface area contributed by atoms with Crippen LogP contribution in [-0.2, 0) is 4.74 Å². The number of likely N-dealkylation sites (N-methyl/N-ethyl adjacent to an activating group) is 1. The van der Waals surface area contributed by atoms with Crippen LogP contribution in [0, 0.1) is 6.92 Å². The van der Waals surface area contributed by atoms with Gasteiger partial charge in [-0.1, -0.05) is 49.1 Å². The molecule has 0 spiro atoms. The molecule has 18 heavy (non-hydrogen) atoms. The Morgan fingerprint density at radius 3 is 2.22 bits per heavy atom. The van der Waals surface area contributed by atoms with Crippen molar-refractivity contribution in [1.82, 2.24) is 5.32 Å². The van der Waals surface area contributed by atoms with E-state index in [0.717, 1.165) is 12.8 Å². The molecule has 2 nitrogen and oxygen atoms in total. The van der Waals surface area contributed by atoms with Crippen LogP contribution in [0.15, 0.2) is 24.3 Å². The third-order valence-electron chi connectivity index (χ3n) is 4.33. The molecule has 1 aliphatic rings. The van der Waals surface area contributed by atoms with Gasteiger partial charge < -0.3 is 10.1 Å². The Balaban J connectivity index is 2.27. The lowest BCUT2D eigenvalue weighted by molar-refractivity contribution is -0.0671. The second-order valence-corrected chi connectivity index (χ2v) is 5.46. The standard InChI is InChI=1S/C16H25NO/c1-13-7-9-14(10-8-13)15(17-2)16(18-3)11-5-4-6-12-16/h7-10,15,17H,4-6,11-12H2,1-3H3. The summed E-state index contributed by atoms with van der Waals surface area (Å²) in [5, 5.41) is 3.47. The lowest BCUT2D eigenvalue weighted by Crippen LogP contribution is -2.45. The molecule has 0 bridgehead atoms. The zero-order valence-electron chi connectivity index (χ0n) is 11.8. The molecule has 1 saturated carbocycles. The first kappa shape index (κ1) is 13.6. The minimum atomic E-state index is -0.0255. The highest BCUT2D eigenvalue weighted by Gasteiger charge is 2.40. The summed E-state index contributed by atoms with van der Waals surface area (Å²) in [5.41, 5.74) is 2.62. The van der Waals surface area contributed by atoms with E-state index in [1.807, 2.05) is 14.2 Å². The molecule has 1 aromatic rings. The minimum absolute atomic E-state index is 0.0255. The fraction of sp³-hybridized carbons (Fsp3) is 0.625. The lowest BCUT2D eigenvalue weighted by atomic mass is 9.76. The molecule has 1 atom stereocenters. The van der Waals surface area contributed by atoms with Crippen LogP contribution in [0.4, 0.5) is 0 Å². The summed E-state index contributed by atoms with van der Waals surface area (Å²) in [6, 6.07) is 9.12. The zero-order chi connectivity index (χ0) is 13.0. The van der Waals surface area contributed by atoms with E-state index < -0.39 is 0 Å². The molecule has 1 fully saturated rings. The number of rotatable bonds is 4. The number of hydrogen-bond acceptors (Lipinski definition) is 2.